The van der Waals surface area contributed by atoms with E-state index in [4.69, 9.17) is 4.42 Å². The number of anilines is 6. The zero-order valence-electron chi connectivity index (χ0n) is 27.2. The molecule has 4 heteroatoms. The fraction of sp³-hybridized carbons (Fsp3) is 0.0909. The van der Waals surface area contributed by atoms with E-state index >= 15 is 0 Å². The molecule has 228 valence electrons. The molecule has 0 saturated heterocycles. The Kier molecular flexibility index (Phi) is 5.64. The summed E-state index contributed by atoms with van der Waals surface area (Å²) in [6.45, 7) is 7.05. The maximum absolute atomic E-state index is 6.61. The van der Waals surface area contributed by atoms with E-state index in [1.807, 2.05) is 0 Å². The molecule has 8 aromatic rings. The molecule has 0 saturated carbocycles. The SMILES string of the molecule is CC(C)(C)c1cc2c3c(c1)N(c1ccc4c(c1)oc1cc5ccccc5cc14)c1ccccc1B3c1ccccc1N2c1ccccc1. The van der Waals surface area contributed by atoms with Crippen LogP contribution in [0.5, 0.6) is 0 Å². The summed E-state index contributed by atoms with van der Waals surface area (Å²) in [5.74, 6) is 0. The standard InChI is InChI=1S/C44H33BN2O/c1-44(2,3)30-25-39-43-40(26-30)47(32-21-22-33-34-23-28-13-7-8-14-29(28)24-41(34)48-42(33)27-32)38-20-12-10-18-36(38)45(43)35-17-9-11-19-37(35)46(39)31-15-5-4-6-16-31/h4-27H,1-3H3. The molecule has 2 aliphatic heterocycles. The molecule has 0 spiro atoms. The third-order valence-electron chi connectivity index (χ3n) is 10.3. The van der Waals surface area contributed by atoms with E-state index < -0.39 is 0 Å². The third-order valence-corrected chi connectivity index (χ3v) is 10.3. The number of para-hydroxylation sites is 3. The van der Waals surface area contributed by atoms with Crippen molar-refractivity contribution in [1.82, 2.24) is 0 Å². The van der Waals surface area contributed by atoms with Gasteiger partial charge < -0.3 is 14.2 Å². The van der Waals surface area contributed by atoms with Gasteiger partial charge in [-0.25, -0.2) is 0 Å². The topological polar surface area (TPSA) is 19.6 Å². The van der Waals surface area contributed by atoms with Crippen molar-refractivity contribution in [2.45, 2.75) is 26.2 Å². The monoisotopic (exact) mass is 616 g/mol. The quantitative estimate of drug-likeness (QED) is 0.180. The molecule has 1 aromatic heterocycles. The molecule has 0 fully saturated rings. The molecule has 7 aromatic carbocycles. The van der Waals surface area contributed by atoms with Gasteiger partial charge in [0.2, 0.25) is 0 Å². The van der Waals surface area contributed by atoms with Gasteiger partial charge in [-0.1, -0.05) is 99.6 Å². The van der Waals surface area contributed by atoms with E-state index in [2.05, 4.69) is 176 Å². The van der Waals surface area contributed by atoms with Crippen LogP contribution < -0.4 is 26.2 Å². The fourth-order valence-corrected chi connectivity index (χ4v) is 8.05. The highest BCUT2D eigenvalue weighted by molar-refractivity contribution is 7.00. The van der Waals surface area contributed by atoms with E-state index in [9.17, 15) is 0 Å². The molecule has 2 aliphatic rings. The molecular weight excluding hydrogens is 583 g/mol. The highest BCUT2D eigenvalue weighted by atomic mass is 16.3. The average Bonchev–Trinajstić information content (AvgIpc) is 3.46. The van der Waals surface area contributed by atoms with E-state index in [1.165, 1.54) is 55.5 Å². The van der Waals surface area contributed by atoms with Crippen molar-refractivity contribution in [3.8, 4) is 0 Å². The van der Waals surface area contributed by atoms with Gasteiger partial charge in [-0.15, -0.1) is 0 Å². The summed E-state index contributed by atoms with van der Waals surface area (Å²) in [5.41, 5.74) is 14.2. The molecule has 3 heterocycles. The number of hydrogen-bond donors (Lipinski definition) is 0. The van der Waals surface area contributed by atoms with E-state index in [0.29, 0.717) is 0 Å². The van der Waals surface area contributed by atoms with Crippen molar-refractivity contribution in [3.63, 3.8) is 0 Å². The number of furan rings is 1. The van der Waals surface area contributed by atoms with Crippen molar-refractivity contribution in [2.75, 3.05) is 9.80 Å². The highest BCUT2D eigenvalue weighted by Gasteiger charge is 2.43. The maximum atomic E-state index is 6.61. The second-order valence-corrected chi connectivity index (χ2v) is 14.2. The zero-order chi connectivity index (χ0) is 32.1. The van der Waals surface area contributed by atoms with Crippen LogP contribution in [0.4, 0.5) is 34.1 Å². The normalized spacial score (nSPS) is 13.6. The molecular formula is C44H33BN2O. The Balaban J connectivity index is 1.27. The van der Waals surface area contributed by atoms with Gasteiger partial charge in [-0.2, -0.15) is 0 Å². The molecule has 0 atom stereocenters. The van der Waals surface area contributed by atoms with Gasteiger partial charge >= 0.3 is 0 Å². The average molecular weight is 617 g/mol. The first kappa shape index (κ1) is 27.4. The number of nitrogens with zero attached hydrogens (tertiary/aromatic N) is 2. The fourth-order valence-electron chi connectivity index (χ4n) is 8.05. The molecule has 0 bridgehead atoms. The maximum Gasteiger partial charge on any atom is 0.252 e. The molecule has 0 N–H and O–H groups in total. The molecule has 0 amide bonds. The highest BCUT2D eigenvalue weighted by Crippen LogP contribution is 2.46. The minimum Gasteiger partial charge on any atom is -0.456 e. The van der Waals surface area contributed by atoms with Crippen molar-refractivity contribution >= 4 is 89.9 Å². The largest absolute Gasteiger partial charge is 0.456 e. The van der Waals surface area contributed by atoms with Gasteiger partial charge in [0.1, 0.15) is 11.2 Å². The van der Waals surface area contributed by atoms with Gasteiger partial charge in [-0.3, -0.25) is 0 Å². The third kappa shape index (κ3) is 3.89. The summed E-state index contributed by atoms with van der Waals surface area (Å²) in [7, 11) is 0. The minimum atomic E-state index is -0.0618. The summed E-state index contributed by atoms with van der Waals surface area (Å²) in [6.07, 6.45) is 0. The Labute approximate surface area is 280 Å². The Hall–Kier alpha value is -5.74. The minimum absolute atomic E-state index is 0.0618. The van der Waals surface area contributed by atoms with Crippen LogP contribution >= 0.6 is 0 Å². The van der Waals surface area contributed by atoms with E-state index in [-0.39, 0.29) is 12.1 Å². The summed E-state index contributed by atoms with van der Waals surface area (Å²) in [5, 5.41) is 4.70. The summed E-state index contributed by atoms with van der Waals surface area (Å²) in [4.78, 5) is 4.94. The van der Waals surface area contributed by atoms with Crippen LogP contribution in [0.25, 0.3) is 32.7 Å². The summed E-state index contributed by atoms with van der Waals surface area (Å²) < 4.78 is 6.61. The first-order valence-electron chi connectivity index (χ1n) is 16.8. The van der Waals surface area contributed by atoms with Crippen molar-refractivity contribution in [3.05, 3.63) is 151 Å². The number of hydrogen-bond acceptors (Lipinski definition) is 3. The van der Waals surface area contributed by atoms with Crippen LogP contribution in [0.2, 0.25) is 0 Å². The second-order valence-electron chi connectivity index (χ2n) is 14.2. The number of fused-ring (bicyclic) bond motifs is 8. The lowest BCUT2D eigenvalue weighted by Gasteiger charge is -2.45. The predicted octanol–water partition coefficient (Wildman–Crippen LogP) is 10.1. The van der Waals surface area contributed by atoms with Crippen LogP contribution in [0, 0.1) is 0 Å². The van der Waals surface area contributed by atoms with Gasteiger partial charge in [-0.05, 0) is 98.8 Å². The number of rotatable bonds is 2. The molecule has 0 aliphatic carbocycles. The molecule has 0 radical (unpaired) electrons. The Morgan fingerprint density at radius 1 is 0.479 bits per heavy atom. The first-order valence-corrected chi connectivity index (χ1v) is 16.8. The summed E-state index contributed by atoms with van der Waals surface area (Å²) in [6, 6.07) is 53.3. The molecule has 48 heavy (non-hydrogen) atoms. The second kappa shape index (κ2) is 9.89. The van der Waals surface area contributed by atoms with Gasteiger partial charge in [0.15, 0.2) is 0 Å². The first-order chi connectivity index (χ1) is 23.4. The van der Waals surface area contributed by atoms with Gasteiger partial charge in [0.05, 0.1) is 0 Å². The Bertz CT molecular complexity index is 2580. The smallest absolute Gasteiger partial charge is 0.252 e. The lowest BCUT2D eigenvalue weighted by Crippen LogP contribution is -2.61. The van der Waals surface area contributed by atoms with E-state index in [1.54, 1.807) is 0 Å². The van der Waals surface area contributed by atoms with Crippen LogP contribution in [-0.4, -0.2) is 6.71 Å². The van der Waals surface area contributed by atoms with Crippen LogP contribution in [0.15, 0.2) is 150 Å². The lowest BCUT2D eigenvalue weighted by molar-refractivity contribution is 0.590. The van der Waals surface area contributed by atoms with Gasteiger partial charge in [0, 0.05) is 51.0 Å². The zero-order valence-corrected chi connectivity index (χ0v) is 27.2. The Morgan fingerprint density at radius 2 is 1.04 bits per heavy atom. The van der Waals surface area contributed by atoms with Crippen LogP contribution in [-0.2, 0) is 5.41 Å². The van der Waals surface area contributed by atoms with Crippen molar-refractivity contribution < 1.29 is 4.42 Å². The molecule has 10 rings (SSSR count). The molecule has 3 nitrogen and oxygen atoms in total. The summed E-state index contributed by atoms with van der Waals surface area (Å²) >= 11 is 0. The molecule has 0 unspecified atom stereocenters. The van der Waals surface area contributed by atoms with Crippen molar-refractivity contribution in [2.24, 2.45) is 0 Å². The van der Waals surface area contributed by atoms with Gasteiger partial charge in [0.25, 0.3) is 6.71 Å². The van der Waals surface area contributed by atoms with Crippen molar-refractivity contribution in [1.29, 1.82) is 0 Å². The predicted molar refractivity (Wildman–Crippen MR) is 204 cm³/mol. The van der Waals surface area contributed by atoms with Crippen LogP contribution in [0.1, 0.15) is 26.3 Å². The lowest BCUT2D eigenvalue weighted by atomic mass is 9.33. The van der Waals surface area contributed by atoms with E-state index in [0.717, 1.165) is 33.3 Å². The Morgan fingerprint density at radius 3 is 1.71 bits per heavy atom. The van der Waals surface area contributed by atoms with Crippen LogP contribution in [0.3, 0.4) is 0 Å². The number of benzene rings is 7.